The molecule has 0 saturated carbocycles. The zero-order chi connectivity index (χ0) is 13.1. The van der Waals surface area contributed by atoms with Crippen molar-refractivity contribution in [2.45, 2.75) is 13.8 Å². The molecule has 0 aliphatic carbocycles. The number of anilines is 1. The van der Waals surface area contributed by atoms with Crippen LogP contribution in [-0.2, 0) is 4.79 Å². The van der Waals surface area contributed by atoms with E-state index < -0.39 is 11.9 Å². The van der Waals surface area contributed by atoms with Gasteiger partial charge in [-0.1, -0.05) is 6.92 Å². The molecule has 98 valence electrons. The summed E-state index contributed by atoms with van der Waals surface area (Å²) in [5, 5.41) is 8.96. The third-order valence-corrected chi connectivity index (χ3v) is 3.02. The number of ether oxygens (including phenoxy) is 2. The molecule has 1 heterocycles. The third kappa shape index (κ3) is 2.50. The first-order valence-electron chi connectivity index (χ1n) is 5.99. The molecule has 1 aliphatic rings. The average molecular weight is 251 g/mol. The first-order chi connectivity index (χ1) is 8.61. The summed E-state index contributed by atoms with van der Waals surface area (Å²) in [6.45, 7) is 5.18. The molecule has 1 aromatic carbocycles. The zero-order valence-electron chi connectivity index (χ0n) is 10.5. The van der Waals surface area contributed by atoms with Gasteiger partial charge in [0, 0.05) is 24.8 Å². The van der Waals surface area contributed by atoms with Crippen LogP contribution in [0.15, 0.2) is 18.2 Å². The number of aliphatic carboxylic acids is 1. The van der Waals surface area contributed by atoms with Gasteiger partial charge in [0.05, 0.1) is 5.92 Å². The van der Waals surface area contributed by atoms with Gasteiger partial charge in [0.1, 0.15) is 0 Å². The number of carboxylic acids is 1. The third-order valence-electron chi connectivity index (χ3n) is 3.02. The molecule has 1 aromatic rings. The maximum absolute atomic E-state index is 10.9. The number of nitrogens with zero attached hydrogens (tertiary/aromatic N) is 1. The molecule has 0 saturated heterocycles. The summed E-state index contributed by atoms with van der Waals surface area (Å²) < 4.78 is 10.6. The van der Waals surface area contributed by atoms with E-state index in [2.05, 4.69) is 0 Å². The highest BCUT2D eigenvalue weighted by Crippen LogP contribution is 2.35. The van der Waals surface area contributed by atoms with Crippen LogP contribution in [-0.4, -0.2) is 31.0 Å². The van der Waals surface area contributed by atoms with Crippen LogP contribution in [0.25, 0.3) is 0 Å². The summed E-state index contributed by atoms with van der Waals surface area (Å²) in [4.78, 5) is 12.9. The number of hydrogen-bond donors (Lipinski definition) is 1. The Hall–Kier alpha value is -1.91. The maximum Gasteiger partial charge on any atom is 0.308 e. The summed E-state index contributed by atoms with van der Waals surface area (Å²) in [6.07, 6.45) is 0. The van der Waals surface area contributed by atoms with Gasteiger partial charge in [-0.05, 0) is 19.1 Å². The van der Waals surface area contributed by atoms with Gasteiger partial charge < -0.3 is 19.5 Å². The van der Waals surface area contributed by atoms with Crippen molar-refractivity contribution in [3.63, 3.8) is 0 Å². The predicted octanol–water partition coefficient (Wildman–Crippen LogP) is 1.96. The normalized spacial score (nSPS) is 14.3. The lowest BCUT2D eigenvalue weighted by Gasteiger charge is -2.25. The van der Waals surface area contributed by atoms with Gasteiger partial charge in [-0.25, -0.2) is 0 Å². The van der Waals surface area contributed by atoms with Crippen LogP contribution in [0.1, 0.15) is 13.8 Å². The Balaban J connectivity index is 2.15. The van der Waals surface area contributed by atoms with Crippen LogP contribution in [0.5, 0.6) is 11.5 Å². The fourth-order valence-corrected chi connectivity index (χ4v) is 1.91. The molecule has 1 N–H and O–H groups in total. The Bertz CT molecular complexity index is 447. The summed E-state index contributed by atoms with van der Waals surface area (Å²) in [5.74, 6) is 0.264. The van der Waals surface area contributed by atoms with Gasteiger partial charge in [-0.3, -0.25) is 4.79 Å². The van der Waals surface area contributed by atoms with Crippen molar-refractivity contribution < 1.29 is 19.4 Å². The van der Waals surface area contributed by atoms with E-state index in [9.17, 15) is 4.79 Å². The highest BCUT2D eigenvalue weighted by molar-refractivity contribution is 5.70. The van der Waals surface area contributed by atoms with Crippen molar-refractivity contribution >= 4 is 11.7 Å². The van der Waals surface area contributed by atoms with Gasteiger partial charge in [-0.2, -0.15) is 0 Å². The van der Waals surface area contributed by atoms with Gasteiger partial charge >= 0.3 is 5.97 Å². The highest BCUT2D eigenvalue weighted by atomic mass is 16.7. The minimum atomic E-state index is -0.783. The minimum absolute atomic E-state index is 0.246. The van der Waals surface area contributed by atoms with Crippen molar-refractivity contribution in [2.24, 2.45) is 5.92 Å². The number of hydrogen-bond acceptors (Lipinski definition) is 4. The number of rotatable bonds is 5. The Kier molecular flexibility index (Phi) is 3.60. The fraction of sp³-hybridized carbons (Fsp3) is 0.462. The Morgan fingerprint density at radius 1 is 1.44 bits per heavy atom. The minimum Gasteiger partial charge on any atom is -0.481 e. The molecule has 5 nitrogen and oxygen atoms in total. The second kappa shape index (κ2) is 5.16. The molecule has 1 aliphatic heterocycles. The van der Waals surface area contributed by atoms with Crippen LogP contribution in [0.4, 0.5) is 5.69 Å². The van der Waals surface area contributed by atoms with Crippen molar-refractivity contribution in [1.29, 1.82) is 0 Å². The van der Waals surface area contributed by atoms with E-state index in [0.29, 0.717) is 12.3 Å². The number of carbonyl (C=O) groups is 1. The monoisotopic (exact) mass is 251 g/mol. The quantitative estimate of drug-likeness (QED) is 0.867. The first kappa shape index (κ1) is 12.5. The van der Waals surface area contributed by atoms with Crippen molar-refractivity contribution in [2.75, 3.05) is 24.8 Å². The van der Waals surface area contributed by atoms with E-state index in [1.807, 2.05) is 30.0 Å². The number of fused-ring (bicyclic) bond motifs is 1. The Morgan fingerprint density at radius 2 is 2.17 bits per heavy atom. The van der Waals surface area contributed by atoms with E-state index in [-0.39, 0.29) is 6.79 Å². The lowest BCUT2D eigenvalue weighted by atomic mass is 10.1. The molecular formula is C13H17NO4. The van der Waals surface area contributed by atoms with E-state index in [1.165, 1.54) is 0 Å². The zero-order valence-corrected chi connectivity index (χ0v) is 10.5. The van der Waals surface area contributed by atoms with Crippen LogP contribution in [0, 0.1) is 5.92 Å². The molecule has 0 fully saturated rings. The van der Waals surface area contributed by atoms with Gasteiger partial charge in [0.15, 0.2) is 11.5 Å². The van der Waals surface area contributed by atoms with Crippen LogP contribution >= 0.6 is 0 Å². The molecule has 1 unspecified atom stereocenters. The molecule has 1 atom stereocenters. The average Bonchev–Trinajstić information content (AvgIpc) is 2.82. The van der Waals surface area contributed by atoms with Crippen LogP contribution in [0.3, 0.4) is 0 Å². The summed E-state index contributed by atoms with van der Waals surface area (Å²) >= 11 is 0. The molecule has 18 heavy (non-hydrogen) atoms. The molecule has 2 rings (SSSR count). The van der Waals surface area contributed by atoms with Gasteiger partial charge in [0.25, 0.3) is 0 Å². The molecule has 0 bridgehead atoms. The summed E-state index contributed by atoms with van der Waals surface area (Å²) in [6, 6.07) is 5.66. The van der Waals surface area contributed by atoms with E-state index in [0.717, 1.165) is 18.0 Å². The summed E-state index contributed by atoms with van der Waals surface area (Å²) in [5.41, 5.74) is 0.954. The largest absolute Gasteiger partial charge is 0.481 e. The standard InChI is InChI=1S/C13H17NO4/c1-3-14(7-9(2)13(15)16)10-4-5-11-12(6-10)18-8-17-11/h4-6,9H,3,7-8H2,1-2H3,(H,15,16). The second-order valence-electron chi connectivity index (χ2n) is 4.32. The second-order valence-corrected chi connectivity index (χ2v) is 4.32. The van der Waals surface area contributed by atoms with Crippen molar-refractivity contribution in [3.8, 4) is 11.5 Å². The molecule has 0 aromatic heterocycles. The Morgan fingerprint density at radius 3 is 2.83 bits per heavy atom. The maximum atomic E-state index is 10.9. The lowest BCUT2D eigenvalue weighted by molar-refractivity contribution is -0.140. The smallest absolute Gasteiger partial charge is 0.308 e. The SMILES string of the molecule is CCN(CC(C)C(=O)O)c1ccc2c(c1)OCO2. The van der Waals surface area contributed by atoms with E-state index in [1.54, 1.807) is 6.92 Å². The molecular weight excluding hydrogens is 234 g/mol. The Labute approximate surface area is 106 Å². The number of carboxylic acid groups (broad SMARTS) is 1. The molecule has 0 amide bonds. The fourth-order valence-electron chi connectivity index (χ4n) is 1.91. The number of benzene rings is 1. The van der Waals surface area contributed by atoms with Crippen molar-refractivity contribution in [1.82, 2.24) is 0 Å². The van der Waals surface area contributed by atoms with E-state index >= 15 is 0 Å². The van der Waals surface area contributed by atoms with Crippen molar-refractivity contribution in [3.05, 3.63) is 18.2 Å². The molecule has 0 spiro atoms. The molecule has 0 radical (unpaired) electrons. The predicted molar refractivity (Wildman–Crippen MR) is 67.3 cm³/mol. The first-order valence-corrected chi connectivity index (χ1v) is 5.99. The van der Waals surface area contributed by atoms with Crippen LogP contribution < -0.4 is 14.4 Å². The lowest BCUT2D eigenvalue weighted by Crippen LogP contribution is -2.31. The van der Waals surface area contributed by atoms with Crippen LogP contribution in [0.2, 0.25) is 0 Å². The molecule has 5 heteroatoms. The van der Waals surface area contributed by atoms with E-state index in [4.69, 9.17) is 14.6 Å². The summed E-state index contributed by atoms with van der Waals surface area (Å²) in [7, 11) is 0. The highest BCUT2D eigenvalue weighted by Gasteiger charge is 2.18. The van der Waals surface area contributed by atoms with Gasteiger partial charge in [-0.15, -0.1) is 0 Å². The van der Waals surface area contributed by atoms with Gasteiger partial charge in [0.2, 0.25) is 6.79 Å². The topological polar surface area (TPSA) is 59.0 Å².